The maximum atomic E-state index is 5.56. The van der Waals surface area contributed by atoms with Gasteiger partial charge in [0.15, 0.2) is 0 Å². The fraction of sp³-hybridized carbons (Fsp3) is 0.208. The molecule has 8 bridgehead atoms. The fourth-order valence-corrected chi connectivity index (χ4v) is 10.5. The molecule has 4 unspecified atom stereocenters. The lowest BCUT2D eigenvalue weighted by Crippen LogP contribution is -2.23. The molecule has 2 heteroatoms. The Bertz CT molecular complexity index is 2450. The number of hydrogen-bond donors (Lipinski definition) is 0. The first-order valence-corrected chi connectivity index (χ1v) is 20.2. The molecule has 6 aromatic rings. The van der Waals surface area contributed by atoms with Crippen molar-refractivity contribution in [1.29, 1.82) is 0 Å². The smallest absolute Gasteiger partial charge is 0.0711 e. The molecule has 2 aromatic heterocycles. The molecule has 264 valence electrons. The zero-order chi connectivity index (χ0) is 36.4. The molecule has 8 aliphatic carbocycles. The van der Waals surface area contributed by atoms with Crippen molar-refractivity contribution in [2.45, 2.75) is 42.9 Å². The average molecular weight is 707 g/mol. The van der Waals surface area contributed by atoms with E-state index in [4.69, 9.17) is 9.97 Å². The Morgan fingerprint density at radius 2 is 0.764 bits per heavy atom. The number of allylic oxidation sites excluding steroid dienone is 8. The van der Waals surface area contributed by atoms with Crippen LogP contribution < -0.4 is 0 Å². The van der Waals surface area contributed by atoms with E-state index in [1.165, 1.54) is 55.6 Å². The van der Waals surface area contributed by atoms with E-state index in [1.54, 1.807) is 0 Å². The first kappa shape index (κ1) is 31.5. The van der Waals surface area contributed by atoms with Crippen LogP contribution in [0.5, 0.6) is 0 Å². The van der Waals surface area contributed by atoms with Crippen LogP contribution in [0, 0.1) is 23.7 Å². The van der Waals surface area contributed by atoms with Crippen molar-refractivity contribution in [3.63, 3.8) is 0 Å². The van der Waals surface area contributed by atoms with E-state index >= 15 is 0 Å². The predicted molar refractivity (Wildman–Crippen MR) is 224 cm³/mol. The largest absolute Gasteiger partial charge is 0.252 e. The second-order valence-corrected chi connectivity index (χ2v) is 17.2. The molecule has 14 rings (SSSR count). The molecule has 4 atom stereocenters. The van der Waals surface area contributed by atoms with Crippen LogP contribution in [0.15, 0.2) is 170 Å². The van der Waals surface area contributed by atoms with Gasteiger partial charge in [-0.1, -0.05) is 134 Å². The molecule has 0 radical (unpaired) electrons. The quantitative estimate of drug-likeness (QED) is 0.161. The lowest BCUT2D eigenvalue weighted by atomic mass is 9.81. The predicted octanol–water partition coefficient (Wildman–Crippen LogP) is 12.6. The van der Waals surface area contributed by atoms with Crippen LogP contribution in [-0.4, -0.2) is 9.97 Å². The molecule has 4 aromatic carbocycles. The highest BCUT2D eigenvalue weighted by Crippen LogP contribution is 2.62. The Balaban J connectivity index is 1.01. The highest BCUT2D eigenvalue weighted by Gasteiger charge is 2.52. The van der Waals surface area contributed by atoms with Crippen LogP contribution in [0.3, 0.4) is 0 Å². The van der Waals surface area contributed by atoms with Gasteiger partial charge in [-0.15, -0.1) is 0 Å². The Hall–Kier alpha value is -5.86. The monoisotopic (exact) mass is 706 g/mol. The first-order chi connectivity index (χ1) is 27.0. The maximum absolute atomic E-state index is 5.56. The third-order valence-corrected chi connectivity index (χ3v) is 13.8. The zero-order valence-corrected chi connectivity index (χ0v) is 31.2. The van der Waals surface area contributed by atoms with Crippen LogP contribution in [0.1, 0.15) is 71.2 Å². The molecule has 0 spiro atoms. The van der Waals surface area contributed by atoms with Gasteiger partial charge in [0.1, 0.15) is 0 Å². The van der Waals surface area contributed by atoms with E-state index in [0.717, 1.165) is 22.8 Å². The number of pyridine rings is 2. The lowest BCUT2D eigenvalue weighted by molar-refractivity contribution is 0.597. The van der Waals surface area contributed by atoms with E-state index in [9.17, 15) is 0 Å². The van der Waals surface area contributed by atoms with Crippen molar-refractivity contribution in [3.8, 4) is 44.8 Å². The second kappa shape index (κ2) is 11.6. The summed E-state index contributed by atoms with van der Waals surface area (Å²) in [6.07, 6.45) is 19.5. The van der Waals surface area contributed by atoms with Gasteiger partial charge in [-0.25, -0.2) is 0 Å². The molecule has 8 aliphatic rings. The summed E-state index contributed by atoms with van der Waals surface area (Å²) in [6, 6.07) is 45.0. The van der Waals surface area contributed by atoms with Gasteiger partial charge < -0.3 is 0 Å². The van der Waals surface area contributed by atoms with Crippen molar-refractivity contribution in [2.75, 3.05) is 0 Å². The van der Waals surface area contributed by atoms with E-state index in [-0.39, 0.29) is 0 Å². The second-order valence-electron chi connectivity index (χ2n) is 17.2. The first-order valence-electron chi connectivity index (χ1n) is 20.2. The van der Waals surface area contributed by atoms with Crippen molar-refractivity contribution in [2.24, 2.45) is 23.7 Å². The standard InChI is InChI=1S/C53H42N2/c1-53(2,49-29-37(31-9-5-3-6-10-31)27-47(54-49)35-17-23-43-45(25-35)33-13-19-39-40(20-14-33)51(39)43)50-30-38(32-11-7-4-8-12-32)28-48(55-50)36-18-24-44-46(26-36)34-15-21-41-42(22-16-34)52(41)44/h3-30,33-34,39-42,51-52H,1-2H3. The van der Waals surface area contributed by atoms with Gasteiger partial charge in [-0.2, -0.15) is 0 Å². The lowest BCUT2D eigenvalue weighted by Gasteiger charge is -2.27. The number of hydrogen-bond acceptors (Lipinski definition) is 2. The summed E-state index contributed by atoms with van der Waals surface area (Å²) in [4.78, 5) is 11.1. The molecule has 0 amide bonds. The molecule has 55 heavy (non-hydrogen) atoms. The van der Waals surface area contributed by atoms with Crippen molar-refractivity contribution < 1.29 is 0 Å². The molecule has 0 saturated heterocycles. The van der Waals surface area contributed by atoms with Gasteiger partial charge in [0.05, 0.1) is 22.8 Å². The van der Waals surface area contributed by atoms with E-state index in [0.29, 0.717) is 47.3 Å². The molecular formula is C53H42N2. The van der Waals surface area contributed by atoms with E-state index in [2.05, 4.69) is 184 Å². The minimum Gasteiger partial charge on any atom is -0.252 e. The molecule has 2 heterocycles. The summed E-state index contributed by atoms with van der Waals surface area (Å²) in [7, 11) is 0. The van der Waals surface area contributed by atoms with Crippen molar-refractivity contribution in [3.05, 3.63) is 204 Å². The molecule has 0 N–H and O–H groups in total. The Kier molecular flexibility index (Phi) is 6.63. The third kappa shape index (κ3) is 4.93. The van der Waals surface area contributed by atoms with Crippen molar-refractivity contribution in [1.82, 2.24) is 9.97 Å². The highest BCUT2D eigenvalue weighted by molar-refractivity contribution is 5.75. The molecule has 2 nitrogen and oxygen atoms in total. The average Bonchev–Trinajstić information content (AvgIpc) is 4.13. The van der Waals surface area contributed by atoms with Gasteiger partial charge in [0.2, 0.25) is 0 Å². The van der Waals surface area contributed by atoms with Crippen LogP contribution in [-0.2, 0) is 5.41 Å². The molecule has 2 saturated carbocycles. The Morgan fingerprint density at radius 3 is 1.16 bits per heavy atom. The summed E-state index contributed by atoms with van der Waals surface area (Å²) in [5, 5.41) is 0. The fourth-order valence-electron chi connectivity index (χ4n) is 10.5. The number of nitrogens with zero attached hydrogens (tertiary/aromatic N) is 2. The van der Waals surface area contributed by atoms with Gasteiger partial charge in [0, 0.05) is 28.4 Å². The van der Waals surface area contributed by atoms with Gasteiger partial charge >= 0.3 is 0 Å². The summed E-state index contributed by atoms with van der Waals surface area (Å²) in [5.41, 5.74) is 16.5. The highest BCUT2D eigenvalue weighted by atomic mass is 14.8. The normalized spacial score (nSPS) is 26.8. The SMILES string of the molecule is CC(C)(c1cc(-c2ccccc2)cc(-c2ccc3c(c2)C2C=CC4C(C=C2)C34)n1)c1cc(-c2ccccc2)cc(-c2ccc3c(c2)C2C=CC4C(C=C2)C34)n1. The van der Waals surface area contributed by atoms with Crippen molar-refractivity contribution >= 4 is 0 Å². The van der Waals surface area contributed by atoms with E-state index in [1.807, 2.05) is 0 Å². The van der Waals surface area contributed by atoms with Crippen LogP contribution in [0.4, 0.5) is 0 Å². The number of rotatable bonds is 6. The van der Waals surface area contributed by atoms with E-state index < -0.39 is 5.41 Å². The maximum Gasteiger partial charge on any atom is 0.0711 e. The van der Waals surface area contributed by atoms with Crippen LogP contribution in [0.2, 0.25) is 0 Å². The molecular weight excluding hydrogens is 665 g/mol. The van der Waals surface area contributed by atoms with Crippen LogP contribution in [0.25, 0.3) is 44.8 Å². The van der Waals surface area contributed by atoms with Gasteiger partial charge in [-0.3, -0.25) is 9.97 Å². The molecule has 2 fully saturated rings. The summed E-state index contributed by atoms with van der Waals surface area (Å²) in [5.74, 6) is 4.52. The number of aromatic nitrogens is 2. The van der Waals surface area contributed by atoms with Gasteiger partial charge in [-0.05, 0) is 130 Å². The topological polar surface area (TPSA) is 25.8 Å². The summed E-state index contributed by atoms with van der Waals surface area (Å²) < 4.78 is 0. The minimum absolute atomic E-state index is 0.326. The summed E-state index contributed by atoms with van der Waals surface area (Å²) in [6.45, 7) is 4.59. The minimum atomic E-state index is -0.507. The Morgan fingerprint density at radius 1 is 0.364 bits per heavy atom. The van der Waals surface area contributed by atoms with Crippen LogP contribution >= 0.6 is 0 Å². The third-order valence-electron chi connectivity index (χ3n) is 13.8. The summed E-state index contributed by atoms with van der Waals surface area (Å²) >= 11 is 0. The molecule has 0 aliphatic heterocycles. The van der Waals surface area contributed by atoms with Gasteiger partial charge in [0.25, 0.3) is 0 Å². The zero-order valence-electron chi connectivity index (χ0n) is 31.2. The number of benzene rings is 4. The Labute approximate surface area is 323 Å².